The topological polar surface area (TPSA) is 96.7 Å². The van der Waals surface area contributed by atoms with E-state index in [1.807, 2.05) is 25.1 Å². The maximum absolute atomic E-state index is 12.6. The summed E-state index contributed by atoms with van der Waals surface area (Å²) in [6, 6.07) is 8.73. The predicted molar refractivity (Wildman–Crippen MR) is 98.1 cm³/mol. The Kier molecular flexibility index (Phi) is 7.16. The van der Waals surface area contributed by atoms with Gasteiger partial charge < -0.3 is 24.8 Å². The van der Waals surface area contributed by atoms with Crippen LogP contribution in [0.15, 0.2) is 34.9 Å². The molecule has 8 heteroatoms. The van der Waals surface area contributed by atoms with Crippen LogP contribution in [-0.2, 0) is 9.53 Å². The lowest BCUT2D eigenvalue weighted by Crippen LogP contribution is -2.41. The fraction of sp³-hybridized carbons (Fsp3) is 0.389. The van der Waals surface area contributed by atoms with Crippen molar-refractivity contribution in [2.45, 2.75) is 20.3 Å². The molecule has 0 aliphatic rings. The molecule has 26 heavy (non-hydrogen) atoms. The first-order valence-electron chi connectivity index (χ1n) is 8.32. The van der Waals surface area contributed by atoms with Gasteiger partial charge in [0, 0.05) is 32.0 Å². The number of carbonyl (C=O) groups excluding carboxylic acids is 2. The molecular weight excluding hydrogens is 336 g/mol. The van der Waals surface area contributed by atoms with Crippen molar-refractivity contribution in [2.24, 2.45) is 0 Å². The molecule has 0 fully saturated rings. The number of urea groups is 1. The molecule has 8 nitrogen and oxygen atoms in total. The van der Waals surface area contributed by atoms with Gasteiger partial charge in [0.1, 0.15) is 12.3 Å². The van der Waals surface area contributed by atoms with E-state index in [0.717, 1.165) is 5.56 Å². The van der Waals surface area contributed by atoms with Crippen LogP contribution in [0.5, 0.6) is 0 Å². The third-order valence-corrected chi connectivity index (χ3v) is 3.56. The van der Waals surface area contributed by atoms with Crippen LogP contribution in [0, 0.1) is 13.8 Å². The van der Waals surface area contributed by atoms with Gasteiger partial charge >= 0.3 is 6.03 Å². The number of benzene rings is 1. The second-order valence-electron chi connectivity index (χ2n) is 5.94. The van der Waals surface area contributed by atoms with Crippen molar-refractivity contribution < 1.29 is 18.8 Å². The van der Waals surface area contributed by atoms with Crippen LogP contribution in [0.3, 0.4) is 0 Å². The van der Waals surface area contributed by atoms with E-state index in [4.69, 9.17) is 9.26 Å². The van der Waals surface area contributed by atoms with Gasteiger partial charge in [-0.1, -0.05) is 17.3 Å². The Morgan fingerprint density at radius 1 is 1.23 bits per heavy atom. The molecule has 2 N–H and O–H groups in total. The van der Waals surface area contributed by atoms with E-state index >= 15 is 0 Å². The number of hydrogen-bond donors (Lipinski definition) is 2. The molecule has 140 valence electrons. The lowest BCUT2D eigenvalue weighted by molar-refractivity contribution is -0.116. The summed E-state index contributed by atoms with van der Waals surface area (Å²) < 4.78 is 9.94. The molecule has 0 unspecified atom stereocenters. The second kappa shape index (κ2) is 9.57. The highest BCUT2D eigenvalue weighted by atomic mass is 16.5. The van der Waals surface area contributed by atoms with Gasteiger partial charge in [0.25, 0.3) is 0 Å². The number of methoxy groups -OCH3 is 1. The molecule has 0 spiro atoms. The van der Waals surface area contributed by atoms with Crippen molar-refractivity contribution in [3.05, 3.63) is 41.7 Å². The van der Waals surface area contributed by atoms with Crippen LogP contribution < -0.4 is 10.6 Å². The van der Waals surface area contributed by atoms with E-state index in [1.54, 1.807) is 26.2 Å². The number of amides is 3. The molecule has 0 saturated carbocycles. The fourth-order valence-corrected chi connectivity index (χ4v) is 2.36. The van der Waals surface area contributed by atoms with Gasteiger partial charge in [-0.05, 0) is 38.0 Å². The zero-order chi connectivity index (χ0) is 18.9. The predicted octanol–water partition coefficient (Wildman–Crippen LogP) is 2.80. The van der Waals surface area contributed by atoms with Crippen molar-refractivity contribution in [1.82, 2.24) is 10.1 Å². The Labute approximate surface area is 152 Å². The summed E-state index contributed by atoms with van der Waals surface area (Å²) in [6.07, 6.45) is 0.619. The molecule has 0 saturated heterocycles. The molecule has 0 radical (unpaired) electrons. The van der Waals surface area contributed by atoms with E-state index in [-0.39, 0.29) is 18.5 Å². The highest BCUT2D eigenvalue weighted by Gasteiger charge is 2.18. The average Bonchev–Trinajstić information content (AvgIpc) is 2.99. The van der Waals surface area contributed by atoms with Crippen LogP contribution in [0.4, 0.5) is 16.3 Å². The summed E-state index contributed by atoms with van der Waals surface area (Å²) in [5.41, 5.74) is 1.71. The van der Waals surface area contributed by atoms with Crippen molar-refractivity contribution >= 4 is 23.4 Å². The lowest BCUT2D eigenvalue weighted by Gasteiger charge is -2.22. The molecule has 1 heterocycles. The number of ether oxygens (including phenoxy) is 1. The summed E-state index contributed by atoms with van der Waals surface area (Å²) in [7, 11) is 1.59. The monoisotopic (exact) mass is 360 g/mol. The van der Waals surface area contributed by atoms with E-state index in [2.05, 4.69) is 15.8 Å². The van der Waals surface area contributed by atoms with Crippen molar-refractivity contribution in [2.75, 3.05) is 37.4 Å². The second-order valence-corrected chi connectivity index (χ2v) is 5.94. The van der Waals surface area contributed by atoms with Crippen LogP contribution >= 0.6 is 0 Å². The van der Waals surface area contributed by atoms with Gasteiger partial charge in [-0.25, -0.2) is 4.79 Å². The Morgan fingerprint density at radius 2 is 2.04 bits per heavy atom. The number of rotatable bonds is 8. The number of carbonyl (C=O) groups is 2. The van der Waals surface area contributed by atoms with Crippen LogP contribution in [-0.4, -0.2) is 48.8 Å². The standard InChI is InChI=1S/C18H24N4O4/c1-13-6-4-7-15(10-13)19-18(24)22(8-5-9-25-3)12-17(23)20-16-11-14(2)26-21-16/h4,6-7,10-11H,5,8-9,12H2,1-3H3,(H,19,24)(H,20,21,23). The Balaban J connectivity index is 1.99. The normalized spacial score (nSPS) is 10.4. The minimum Gasteiger partial charge on any atom is -0.385 e. The first-order valence-corrected chi connectivity index (χ1v) is 8.32. The van der Waals surface area contributed by atoms with Crippen molar-refractivity contribution in [3.8, 4) is 0 Å². The fourth-order valence-electron chi connectivity index (χ4n) is 2.36. The number of nitrogens with zero attached hydrogens (tertiary/aromatic N) is 2. The zero-order valence-corrected chi connectivity index (χ0v) is 15.2. The SMILES string of the molecule is COCCCN(CC(=O)Nc1cc(C)on1)C(=O)Nc1cccc(C)c1. The van der Waals surface area contributed by atoms with Crippen LogP contribution in [0.1, 0.15) is 17.7 Å². The van der Waals surface area contributed by atoms with Gasteiger partial charge in [-0.2, -0.15) is 0 Å². The lowest BCUT2D eigenvalue weighted by atomic mass is 10.2. The minimum atomic E-state index is -0.352. The molecule has 2 aromatic rings. The van der Waals surface area contributed by atoms with Gasteiger partial charge in [0.2, 0.25) is 5.91 Å². The highest BCUT2D eigenvalue weighted by molar-refractivity contribution is 5.96. The molecule has 0 aliphatic heterocycles. The van der Waals surface area contributed by atoms with Crippen LogP contribution in [0.25, 0.3) is 0 Å². The Hall–Kier alpha value is -2.87. The molecule has 0 atom stereocenters. The third-order valence-electron chi connectivity index (χ3n) is 3.56. The summed E-state index contributed by atoms with van der Waals surface area (Å²) in [6.45, 7) is 4.46. The van der Waals surface area contributed by atoms with Gasteiger partial charge in [-0.15, -0.1) is 0 Å². The number of aromatic nitrogens is 1. The summed E-state index contributed by atoms with van der Waals surface area (Å²) >= 11 is 0. The number of nitrogens with one attached hydrogen (secondary N) is 2. The first-order chi connectivity index (χ1) is 12.5. The quantitative estimate of drug-likeness (QED) is 0.706. The maximum atomic E-state index is 12.6. The van der Waals surface area contributed by atoms with E-state index in [9.17, 15) is 9.59 Å². The number of aryl methyl sites for hydroxylation is 2. The third kappa shape index (κ3) is 6.21. The number of hydrogen-bond acceptors (Lipinski definition) is 5. The minimum absolute atomic E-state index is 0.104. The van der Waals surface area contributed by atoms with Crippen molar-refractivity contribution in [3.63, 3.8) is 0 Å². The van der Waals surface area contributed by atoms with Crippen LogP contribution in [0.2, 0.25) is 0 Å². The highest BCUT2D eigenvalue weighted by Crippen LogP contribution is 2.11. The Bertz CT molecular complexity index is 744. The van der Waals surface area contributed by atoms with Gasteiger partial charge in [0.05, 0.1) is 0 Å². The molecule has 0 aliphatic carbocycles. The summed E-state index contributed by atoms with van der Waals surface area (Å²) in [4.78, 5) is 26.2. The molecule has 0 bridgehead atoms. The molecule has 3 amide bonds. The molecule has 2 rings (SSSR count). The van der Waals surface area contributed by atoms with E-state index in [0.29, 0.717) is 36.8 Å². The maximum Gasteiger partial charge on any atom is 0.322 e. The number of anilines is 2. The smallest absolute Gasteiger partial charge is 0.322 e. The van der Waals surface area contributed by atoms with Crippen molar-refractivity contribution in [1.29, 1.82) is 0 Å². The van der Waals surface area contributed by atoms with Gasteiger partial charge in [-0.3, -0.25) is 4.79 Å². The first kappa shape index (κ1) is 19.5. The molecule has 1 aromatic carbocycles. The largest absolute Gasteiger partial charge is 0.385 e. The molecular formula is C18H24N4O4. The average molecular weight is 360 g/mol. The van der Waals surface area contributed by atoms with Gasteiger partial charge in [0.15, 0.2) is 5.82 Å². The Morgan fingerprint density at radius 3 is 2.69 bits per heavy atom. The molecule has 1 aromatic heterocycles. The summed E-state index contributed by atoms with van der Waals surface area (Å²) in [5.74, 6) is 0.563. The zero-order valence-electron chi connectivity index (χ0n) is 15.2. The van der Waals surface area contributed by atoms with E-state index in [1.165, 1.54) is 4.90 Å². The summed E-state index contributed by atoms with van der Waals surface area (Å²) in [5, 5.41) is 9.14. The van der Waals surface area contributed by atoms with E-state index < -0.39 is 0 Å².